The summed E-state index contributed by atoms with van der Waals surface area (Å²) in [5, 5.41) is 5.90. The average molecular weight is 391 g/mol. The third kappa shape index (κ3) is 4.31. The molecule has 3 amide bonds. The molecule has 0 unspecified atom stereocenters. The highest BCUT2D eigenvalue weighted by atomic mass is 16.2. The van der Waals surface area contributed by atoms with Crippen LogP contribution in [0.25, 0.3) is 0 Å². The van der Waals surface area contributed by atoms with Gasteiger partial charge in [-0.05, 0) is 55.0 Å². The molecule has 2 aromatic carbocycles. The Morgan fingerprint density at radius 3 is 2.59 bits per heavy atom. The van der Waals surface area contributed by atoms with Gasteiger partial charge in [0.1, 0.15) is 6.04 Å². The van der Waals surface area contributed by atoms with Gasteiger partial charge >= 0.3 is 0 Å². The summed E-state index contributed by atoms with van der Waals surface area (Å²) in [7, 11) is 0. The van der Waals surface area contributed by atoms with Crippen LogP contribution in [0.2, 0.25) is 0 Å². The van der Waals surface area contributed by atoms with Crippen LogP contribution in [-0.4, -0.2) is 29.2 Å². The maximum atomic E-state index is 13.3. The van der Waals surface area contributed by atoms with Crippen molar-refractivity contribution in [1.29, 1.82) is 0 Å². The maximum Gasteiger partial charge on any atom is 0.251 e. The molecule has 6 heteroatoms. The fourth-order valence-electron chi connectivity index (χ4n) is 4.07. The van der Waals surface area contributed by atoms with E-state index in [2.05, 4.69) is 10.6 Å². The summed E-state index contributed by atoms with van der Waals surface area (Å²) in [6.45, 7) is 0.585. The number of likely N-dealkylation sites (tertiary alicyclic amines) is 1. The van der Waals surface area contributed by atoms with E-state index in [0.29, 0.717) is 25.1 Å². The van der Waals surface area contributed by atoms with Crippen molar-refractivity contribution in [3.05, 3.63) is 59.7 Å². The van der Waals surface area contributed by atoms with E-state index < -0.39 is 6.04 Å². The number of fused-ring (bicyclic) bond motifs is 1. The highest BCUT2D eigenvalue weighted by molar-refractivity contribution is 5.99. The number of anilines is 2. The summed E-state index contributed by atoms with van der Waals surface area (Å²) in [5.74, 6) is -0.178. The molecule has 150 valence electrons. The fraction of sp³-hybridized carbons (Fsp3) is 0.348. The Morgan fingerprint density at radius 2 is 1.79 bits per heavy atom. The molecule has 2 aliphatic heterocycles. The Labute approximate surface area is 170 Å². The minimum Gasteiger partial charge on any atom is -0.327 e. The van der Waals surface area contributed by atoms with E-state index >= 15 is 0 Å². The van der Waals surface area contributed by atoms with Gasteiger partial charge in [0, 0.05) is 30.8 Å². The first-order valence-corrected chi connectivity index (χ1v) is 10.2. The van der Waals surface area contributed by atoms with Crippen LogP contribution in [0.4, 0.5) is 11.4 Å². The molecule has 0 aliphatic carbocycles. The fourth-order valence-corrected chi connectivity index (χ4v) is 4.07. The topological polar surface area (TPSA) is 78.5 Å². The van der Waals surface area contributed by atoms with Crippen LogP contribution in [-0.2, 0) is 20.8 Å². The zero-order valence-corrected chi connectivity index (χ0v) is 16.3. The van der Waals surface area contributed by atoms with Crippen molar-refractivity contribution in [3.63, 3.8) is 0 Å². The van der Waals surface area contributed by atoms with Gasteiger partial charge in [-0.3, -0.25) is 14.4 Å². The van der Waals surface area contributed by atoms with E-state index in [1.54, 1.807) is 11.0 Å². The van der Waals surface area contributed by atoms with E-state index in [4.69, 9.17) is 0 Å². The number of carbonyl (C=O) groups excluding carboxylic acids is 3. The van der Waals surface area contributed by atoms with Crippen molar-refractivity contribution in [2.45, 2.75) is 44.6 Å². The van der Waals surface area contributed by atoms with Crippen molar-refractivity contribution >= 4 is 29.1 Å². The second-order valence-electron chi connectivity index (χ2n) is 7.62. The lowest BCUT2D eigenvalue weighted by Crippen LogP contribution is -2.43. The molecule has 0 spiro atoms. The lowest BCUT2D eigenvalue weighted by molar-refractivity contribution is -0.141. The number of carbonyl (C=O) groups is 3. The SMILES string of the molecule is O=C1CCCc2cc(NC(=O)[C@H](c3ccccc3)N3CCCCC3=O)ccc2N1. The summed E-state index contributed by atoms with van der Waals surface area (Å²) >= 11 is 0. The second kappa shape index (κ2) is 8.47. The molecule has 4 rings (SSSR count). The number of benzene rings is 2. The third-order valence-electron chi connectivity index (χ3n) is 5.53. The first kappa shape index (κ1) is 19.2. The van der Waals surface area contributed by atoms with Crippen molar-refractivity contribution in [3.8, 4) is 0 Å². The van der Waals surface area contributed by atoms with Crippen LogP contribution in [0.1, 0.15) is 49.3 Å². The summed E-state index contributed by atoms with van der Waals surface area (Å²) in [6, 6.07) is 14.3. The van der Waals surface area contributed by atoms with Gasteiger partial charge in [-0.1, -0.05) is 30.3 Å². The third-order valence-corrected chi connectivity index (χ3v) is 5.53. The molecular formula is C23H25N3O3. The predicted molar refractivity (Wildman–Crippen MR) is 111 cm³/mol. The molecule has 29 heavy (non-hydrogen) atoms. The summed E-state index contributed by atoms with van der Waals surface area (Å²) in [4.78, 5) is 39.2. The number of rotatable bonds is 4. The molecule has 6 nitrogen and oxygen atoms in total. The average Bonchev–Trinajstić information content (AvgIpc) is 2.91. The minimum absolute atomic E-state index is 0.0184. The first-order chi connectivity index (χ1) is 14.1. The number of hydrogen-bond donors (Lipinski definition) is 2. The monoisotopic (exact) mass is 391 g/mol. The van der Waals surface area contributed by atoms with Crippen molar-refractivity contribution in [1.82, 2.24) is 4.90 Å². The van der Waals surface area contributed by atoms with Crippen LogP contribution in [0.15, 0.2) is 48.5 Å². The predicted octanol–water partition coefficient (Wildman–Crippen LogP) is 3.65. The van der Waals surface area contributed by atoms with Crippen LogP contribution in [0, 0.1) is 0 Å². The molecule has 0 bridgehead atoms. The molecule has 2 aliphatic rings. The molecule has 0 saturated carbocycles. The van der Waals surface area contributed by atoms with Gasteiger partial charge in [-0.25, -0.2) is 0 Å². The molecule has 2 N–H and O–H groups in total. The number of nitrogens with zero attached hydrogens (tertiary/aromatic N) is 1. The summed E-state index contributed by atoms with van der Waals surface area (Å²) in [6.07, 6.45) is 4.32. The Hall–Kier alpha value is -3.15. The van der Waals surface area contributed by atoms with Crippen LogP contribution in [0.5, 0.6) is 0 Å². The van der Waals surface area contributed by atoms with E-state index in [1.807, 2.05) is 42.5 Å². The standard InChI is InChI=1S/C23H25N3O3/c27-20-10-6-9-17-15-18(12-13-19(17)25-20)24-23(29)22(16-7-2-1-3-8-16)26-14-5-4-11-21(26)28/h1-3,7-8,12-13,15,22H,4-6,9-11,14H2,(H,24,29)(H,25,27)/t22-/m0/s1. The number of piperidine rings is 1. The number of amides is 3. The summed E-state index contributed by atoms with van der Waals surface area (Å²) < 4.78 is 0. The van der Waals surface area contributed by atoms with Crippen molar-refractivity contribution < 1.29 is 14.4 Å². The van der Waals surface area contributed by atoms with Gasteiger partial charge in [0.05, 0.1) is 0 Å². The lowest BCUT2D eigenvalue weighted by atomic mass is 10.00. The maximum absolute atomic E-state index is 13.3. The van der Waals surface area contributed by atoms with Gasteiger partial charge < -0.3 is 15.5 Å². The Bertz CT molecular complexity index is 926. The summed E-state index contributed by atoms with van der Waals surface area (Å²) in [5.41, 5.74) is 3.30. The van der Waals surface area contributed by atoms with E-state index in [0.717, 1.165) is 42.5 Å². The van der Waals surface area contributed by atoms with Crippen LogP contribution >= 0.6 is 0 Å². The lowest BCUT2D eigenvalue weighted by Gasteiger charge is -2.34. The van der Waals surface area contributed by atoms with Gasteiger partial charge in [0.25, 0.3) is 5.91 Å². The van der Waals surface area contributed by atoms with Gasteiger partial charge in [-0.2, -0.15) is 0 Å². The number of hydrogen-bond acceptors (Lipinski definition) is 3. The number of aryl methyl sites for hydroxylation is 1. The largest absolute Gasteiger partial charge is 0.327 e. The van der Waals surface area contributed by atoms with Crippen molar-refractivity contribution in [2.24, 2.45) is 0 Å². The molecular weight excluding hydrogens is 366 g/mol. The number of nitrogens with one attached hydrogen (secondary N) is 2. The molecule has 1 fully saturated rings. The van der Waals surface area contributed by atoms with Gasteiger partial charge in [-0.15, -0.1) is 0 Å². The smallest absolute Gasteiger partial charge is 0.251 e. The molecule has 2 heterocycles. The zero-order valence-electron chi connectivity index (χ0n) is 16.3. The van der Waals surface area contributed by atoms with Crippen LogP contribution < -0.4 is 10.6 Å². The minimum atomic E-state index is -0.650. The molecule has 1 atom stereocenters. The first-order valence-electron chi connectivity index (χ1n) is 10.2. The zero-order chi connectivity index (χ0) is 20.2. The molecule has 1 saturated heterocycles. The Kier molecular flexibility index (Phi) is 5.60. The van der Waals surface area contributed by atoms with E-state index in [9.17, 15) is 14.4 Å². The highest BCUT2D eigenvalue weighted by Gasteiger charge is 2.32. The quantitative estimate of drug-likeness (QED) is 0.835. The van der Waals surface area contributed by atoms with Crippen LogP contribution in [0.3, 0.4) is 0 Å². The van der Waals surface area contributed by atoms with Crippen molar-refractivity contribution in [2.75, 3.05) is 17.2 Å². The normalized spacial score (nSPS) is 17.7. The molecule has 0 aromatic heterocycles. The molecule has 2 aromatic rings. The highest BCUT2D eigenvalue weighted by Crippen LogP contribution is 2.29. The van der Waals surface area contributed by atoms with Gasteiger partial charge in [0.2, 0.25) is 11.8 Å². The van der Waals surface area contributed by atoms with E-state index in [1.165, 1.54) is 0 Å². The Morgan fingerprint density at radius 1 is 0.966 bits per heavy atom. The Balaban J connectivity index is 1.59. The van der Waals surface area contributed by atoms with Gasteiger partial charge in [0.15, 0.2) is 0 Å². The second-order valence-corrected chi connectivity index (χ2v) is 7.62. The van der Waals surface area contributed by atoms with E-state index in [-0.39, 0.29) is 17.7 Å². The molecule has 0 radical (unpaired) electrons.